The van der Waals surface area contributed by atoms with Crippen molar-refractivity contribution in [1.82, 2.24) is 20.1 Å². The Morgan fingerprint density at radius 1 is 1.14 bits per heavy atom. The lowest BCUT2D eigenvalue weighted by molar-refractivity contribution is -0.127. The average molecular weight is 390 g/mol. The second kappa shape index (κ2) is 8.61. The number of oxazole rings is 1. The van der Waals surface area contributed by atoms with Gasteiger partial charge >= 0.3 is 0 Å². The molecule has 2 saturated heterocycles. The first-order valence-electron chi connectivity index (χ1n) is 10.5. The van der Waals surface area contributed by atoms with E-state index < -0.39 is 6.10 Å². The molecule has 1 aliphatic carbocycles. The van der Waals surface area contributed by atoms with Crippen molar-refractivity contribution < 1.29 is 19.1 Å². The topological polar surface area (TPSA) is 98.9 Å². The number of aliphatic hydroxyl groups is 1. The summed E-state index contributed by atoms with van der Waals surface area (Å²) >= 11 is 0. The summed E-state index contributed by atoms with van der Waals surface area (Å²) in [6.45, 7) is 1.78. The van der Waals surface area contributed by atoms with Crippen LogP contribution in [-0.4, -0.2) is 75.6 Å². The highest BCUT2D eigenvalue weighted by Gasteiger charge is 2.41. The van der Waals surface area contributed by atoms with Gasteiger partial charge in [0.1, 0.15) is 6.26 Å². The standard InChI is InChI=1S/C20H30N4O4/c25-16-10-18(19(26)22-14-4-2-1-3-5-14)24(11-16)15-6-8-23(9-7-15)20(27)17-12-28-13-21-17/h12-16,18,25H,1-11H2,(H,22,26)/t16-,18+/m1/s1. The van der Waals surface area contributed by atoms with Crippen LogP contribution in [0.5, 0.6) is 0 Å². The molecule has 1 saturated carbocycles. The number of piperidine rings is 1. The molecular formula is C20H30N4O4. The molecule has 2 amide bonds. The Bertz CT molecular complexity index is 666. The first kappa shape index (κ1) is 19.4. The van der Waals surface area contributed by atoms with Crippen LogP contribution in [0.15, 0.2) is 17.1 Å². The minimum absolute atomic E-state index is 0.0598. The van der Waals surface area contributed by atoms with Gasteiger partial charge in [0.25, 0.3) is 5.91 Å². The summed E-state index contributed by atoms with van der Waals surface area (Å²) < 4.78 is 4.90. The van der Waals surface area contributed by atoms with Crippen LogP contribution in [-0.2, 0) is 4.79 Å². The minimum Gasteiger partial charge on any atom is -0.451 e. The lowest BCUT2D eigenvalue weighted by atomic mass is 9.95. The number of nitrogens with zero attached hydrogens (tertiary/aromatic N) is 3. The normalized spacial score (nSPS) is 27.8. The maximum atomic E-state index is 12.9. The van der Waals surface area contributed by atoms with Gasteiger partial charge in [-0.05, 0) is 32.1 Å². The molecule has 0 radical (unpaired) electrons. The lowest BCUT2D eigenvalue weighted by Gasteiger charge is -2.39. The summed E-state index contributed by atoms with van der Waals surface area (Å²) in [5, 5.41) is 13.4. The van der Waals surface area contributed by atoms with Crippen molar-refractivity contribution in [3.05, 3.63) is 18.4 Å². The summed E-state index contributed by atoms with van der Waals surface area (Å²) in [6.07, 6.45) is 10.00. The largest absolute Gasteiger partial charge is 0.451 e. The molecule has 0 unspecified atom stereocenters. The monoisotopic (exact) mass is 390 g/mol. The maximum absolute atomic E-state index is 12.9. The van der Waals surface area contributed by atoms with Crippen LogP contribution in [0.4, 0.5) is 0 Å². The van der Waals surface area contributed by atoms with Crippen LogP contribution < -0.4 is 5.32 Å². The molecule has 8 heteroatoms. The molecule has 1 aromatic rings. The van der Waals surface area contributed by atoms with E-state index in [4.69, 9.17) is 4.42 Å². The number of amides is 2. The Morgan fingerprint density at radius 2 is 1.89 bits per heavy atom. The van der Waals surface area contributed by atoms with Crippen molar-refractivity contribution >= 4 is 11.8 Å². The molecule has 3 fully saturated rings. The molecule has 1 aromatic heterocycles. The Kier molecular flexibility index (Phi) is 5.96. The average Bonchev–Trinajstić information content (AvgIpc) is 3.38. The summed E-state index contributed by atoms with van der Waals surface area (Å²) in [7, 11) is 0. The number of carbonyl (C=O) groups excluding carboxylic acids is 2. The van der Waals surface area contributed by atoms with Crippen LogP contribution in [0.1, 0.15) is 61.9 Å². The van der Waals surface area contributed by atoms with Gasteiger partial charge in [0.05, 0.1) is 12.1 Å². The number of hydrogen-bond donors (Lipinski definition) is 2. The lowest BCUT2D eigenvalue weighted by Crippen LogP contribution is -2.53. The van der Waals surface area contributed by atoms with Gasteiger partial charge < -0.3 is 19.7 Å². The molecule has 8 nitrogen and oxygen atoms in total. The Morgan fingerprint density at radius 3 is 2.57 bits per heavy atom. The summed E-state index contributed by atoms with van der Waals surface area (Å²) in [6, 6.07) is 0.225. The smallest absolute Gasteiger partial charge is 0.275 e. The Labute approximate surface area is 165 Å². The highest BCUT2D eigenvalue weighted by molar-refractivity contribution is 5.92. The van der Waals surface area contributed by atoms with Gasteiger partial charge in [-0.15, -0.1) is 0 Å². The fraction of sp³-hybridized carbons (Fsp3) is 0.750. The maximum Gasteiger partial charge on any atom is 0.275 e. The number of rotatable bonds is 4. The number of aromatic nitrogens is 1. The SMILES string of the molecule is O=C(NC1CCCCC1)[C@@H]1C[C@@H](O)CN1C1CCN(C(=O)c2cocn2)CC1. The highest BCUT2D eigenvalue weighted by atomic mass is 16.3. The number of likely N-dealkylation sites (tertiary alicyclic amines) is 2. The predicted molar refractivity (Wildman–Crippen MR) is 102 cm³/mol. The number of carbonyl (C=O) groups is 2. The van der Waals surface area contributed by atoms with Gasteiger partial charge in [-0.25, -0.2) is 4.98 Å². The molecule has 4 rings (SSSR count). The van der Waals surface area contributed by atoms with Crippen molar-refractivity contribution in [2.24, 2.45) is 0 Å². The zero-order valence-electron chi connectivity index (χ0n) is 16.3. The molecule has 28 heavy (non-hydrogen) atoms. The number of β-amino-alcohol motifs (C(OH)–C–C–N with tert-alkyl or cyclic N) is 1. The van der Waals surface area contributed by atoms with Gasteiger partial charge in [-0.1, -0.05) is 19.3 Å². The second-order valence-corrected chi connectivity index (χ2v) is 8.34. The summed E-state index contributed by atoms with van der Waals surface area (Å²) in [5.74, 6) is -0.0511. The van der Waals surface area contributed by atoms with Gasteiger partial charge in [-0.3, -0.25) is 14.5 Å². The van der Waals surface area contributed by atoms with Crippen LogP contribution in [0.25, 0.3) is 0 Å². The molecule has 3 heterocycles. The van der Waals surface area contributed by atoms with E-state index >= 15 is 0 Å². The zero-order chi connectivity index (χ0) is 19.5. The van der Waals surface area contributed by atoms with Crippen LogP contribution >= 0.6 is 0 Å². The van der Waals surface area contributed by atoms with Crippen molar-refractivity contribution in [2.75, 3.05) is 19.6 Å². The van der Waals surface area contributed by atoms with E-state index in [2.05, 4.69) is 15.2 Å². The van der Waals surface area contributed by atoms with Crippen molar-refractivity contribution in [3.63, 3.8) is 0 Å². The van der Waals surface area contributed by atoms with E-state index in [1.165, 1.54) is 31.9 Å². The fourth-order valence-electron chi connectivity index (χ4n) is 4.92. The van der Waals surface area contributed by atoms with Crippen molar-refractivity contribution in [1.29, 1.82) is 0 Å². The third-order valence-electron chi connectivity index (χ3n) is 6.44. The summed E-state index contributed by atoms with van der Waals surface area (Å²) in [4.78, 5) is 33.2. The molecule has 0 bridgehead atoms. The van der Waals surface area contributed by atoms with E-state index in [0.717, 1.165) is 25.7 Å². The minimum atomic E-state index is -0.461. The van der Waals surface area contributed by atoms with Gasteiger partial charge in [0.15, 0.2) is 12.1 Å². The first-order valence-corrected chi connectivity index (χ1v) is 10.5. The second-order valence-electron chi connectivity index (χ2n) is 8.34. The quantitative estimate of drug-likeness (QED) is 0.801. The molecule has 3 aliphatic rings. The van der Waals surface area contributed by atoms with E-state index in [-0.39, 0.29) is 29.9 Å². The molecule has 2 atom stereocenters. The van der Waals surface area contributed by atoms with Crippen LogP contribution in [0, 0.1) is 0 Å². The molecule has 2 N–H and O–H groups in total. The van der Waals surface area contributed by atoms with Gasteiger partial charge in [0.2, 0.25) is 5.91 Å². The summed E-state index contributed by atoms with van der Waals surface area (Å²) in [5.41, 5.74) is 0.333. The fourth-order valence-corrected chi connectivity index (χ4v) is 4.92. The number of hydrogen-bond acceptors (Lipinski definition) is 6. The van der Waals surface area contributed by atoms with Crippen LogP contribution in [0.3, 0.4) is 0 Å². The third-order valence-corrected chi connectivity index (χ3v) is 6.44. The molecule has 0 aromatic carbocycles. The van der Waals surface area contributed by atoms with Crippen molar-refractivity contribution in [3.8, 4) is 0 Å². The van der Waals surface area contributed by atoms with E-state index in [1.54, 1.807) is 4.90 Å². The van der Waals surface area contributed by atoms with E-state index in [9.17, 15) is 14.7 Å². The first-order chi connectivity index (χ1) is 13.6. The zero-order valence-corrected chi connectivity index (χ0v) is 16.3. The molecular weight excluding hydrogens is 360 g/mol. The van der Waals surface area contributed by atoms with E-state index in [1.807, 2.05) is 0 Å². The number of aliphatic hydroxyl groups excluding tert-OH is 1. The van der Waals surface area contributed by atoms with Gasteiger partial charge in [0, 0.05) is 31.7 Å². The highest BCUT2D eigenvalue weighted by Crippen LogP contribution is 2.28. The van der Waals surface area contributed by atoms with E-state index in [0.29, 0.717) is 31.7 Å². The van der Waals surface area contributed by atoms with Crippen LogP contribution in [0.2, 0.25) is 0 Å². The molecule has 154 valence electrons. The molecule has 2 aliphatic heterocycles. The van der Waals surface area contributed by atoms with Crippen molar-refractivity contribution in [2.45, 2.75) is 75.6 Å². The number of nitrogens with one attached hydrogen (secondary N) is 1. The Balaban J connectivity index is 1.33. The predicted octanol–water partition coefficient (Wildman–Crippen LogP) is 1.16. The molecule has 0 spiro atoms. The van der Waals surface area contributed by atoms with Gasteiger partial charge in [-0.2, -0.15) is 0 Å². The Hall–Kier alpha value is -1.93. The third kappa shape index (κ3) is 4.22.